The molecule has 1 aromatic heterocycles. The summed E-state index contributed by atoms with van der Waals surface area (Å²) in [6, 6.07) is 13.7. The number of rotatable bonds is 1. The highest BCUT2D eigenvalue weighted by Crippen LogP contribution is 2.36. The van der Waals surface area contributed by atoms with Gasteiger partial charge in [-0.3, -0.25) is 4.79 Å². The second kappa shape index (κ2) is 4.74. The number of hydrogen-bond donors (Lipinski definition) is 2. The number of fused-ring (bicyclic) bond motifs is 2. The maximum absolute atomic E-state index is 12.4. The van der Waals surface area contributed by atoms with Gasteiger partial charge in [-0.05, 0) is 37.3 Å². The average molecular weight is 303 g/mol. The number of anilines is 2. The summed E-state index contributed by atoms with van der Waals surface area (Å²) < 4.78 is 2.15. The van der Waals surface area contributed by atoms with Gasteiger partial charge in [-0.25, -0.2) is 0 Å². The Bertz CT molecular complexity index is 995. The highest BCUT2D eigenvalue weighted by Gasteiger charge is 2.25. The highest BCUT2D eigenvalue weighted by molar-refractivity contribution is 6.35. The molecule has 1 aliphatic rings. The van der Waals surface area contributed by atoms with E-state index >= 15 is 0 Å². The van der Waals surface area contributed by atoms with E-state index in [1.54, 1.807) is 6.07 Å². The Hall–Kier alpha value is -3.01. The van der Waals surface area contributed by atoms with Crippen LogP contribution in [-0.2, 0) is 11.8 Å². The van der Waals surface area contributed by atoms with Gasteiger partial charge in [0.1, 0.15) is 0 Å². The van der Waals surface area contributed by atoms with E-state index < -0.39 is 0 Å². The van der Waals surface area contributed by atoms with E-state index in [0.29, 0.717) is 11.3 Å². The van der Waals surface area contributed by atoms with Gasteiger partial charge < -0.3 is 15.6 Å². The molecular weight excluding hydrogens is 286 g/mol. The molecule has 0 fully saturated rings. The van der Waals surface area contributed by atoms with Crippen molar-refractivity contribution in [1.29, 1.82) is 0 Å². The van der Waals surface area contributed by atoms with Crippen LogP contribution in [0.2, 0.25) is 0 Å². The molecule has 3 aromatic rings. The van der Waals surface area contributed by atoms with E-state index in [4.69, 9.17) is 5.73 Å². The molecule has 1 amide bonds. The van der Waals surface area contributed by atoms with E-state index in [0.717, 1.165) is 33.4 Å². The molecule has 0 unspecified atom stereocenters. The SMILES string of the molecule is Cc1c(/C=C2/C(=O)Nc3ccc(N)cc32)c2ccccc2n1C. The predicted octanol–water partition coefficient (Wildman–Crippen LogP) is 3.56. The van der Waals surface area contributed by atoms with Crippen molar-refractivity contribution in [1.82, 2.24) is 4.57 Å². The zero-order valence-electron chi connectivity index (χ0n) is 13.1. The van der Waals surface area contributed by atoms with Gasteiger partial charge >= 0.3 is 0 Å². The molecule has 1 aliphatic heterocycles. The van der Waals surface area contributed by atoms with E-state index in [9.17, 15) is 4.79 Å². The van der Waals surface area contributed by atoms with Crippen LogP contribution in [0.4, 0.5) is 11.4 Å². The number of nitrogens with two attached hydrogens (primary N) is 1. The third kappa shape index (κ3) is 1.95. The van der Waals surface area contributed by atoms with Gasteiger partial charge in [0.2, 0.25) is 0 Å². The number of aromatic nitrogens is 1. The van der Waals surface area contributed by atoms with Crippen molar-refractivity contribution in [2.24, 2.45) is 7.05 Å². The number of nitrogen functional groups attached to an aromatic ring is 1. The molecule has 0 bridgehead atoms. The Kier molecular flexibility index (Phi) is 2.81. The van der Waals surface area contributed by atoms with Crippen molar-refractivity contribution in [3.8, 4) is 0 Å². The number of para-hydroxylation sites is 1. The summed E-state index contributed by atoms with van der Waals surface area (Å²) in [4.78, 5) is 12.4. The van der Waals surface area contributed by atoms with Crippen molar-refractivity contribution in [3.05, 3.63) is 59.3 Å². The first kappa shape index (κ1) is 13.6. The van der Waals surface area contributed by atoms with Crippen LogP contribution in [0.15, 0.2) is 42.5 Å². The Balaban J connectivity index is 1.98. The number of benzene rings is 2. The number of aryl methyl sites for hydroxylation is 1. The van der Waals surface area contributed by atoms with Crippen LogP contribution in [0.5, 0.6) is 0 Å². The second-order valence-electron chi connectivity index (χ2n) is 5.89. The molecule has 4 heteroatoms. The van der Waals surface area contributed by atoms with E-state index in [2.05, 4.69) is 28.9 Å². The number of amides is 1. The molecule has 0 atom stereocenters. The third-order valence-corrected chi connectivity index (χ3v) is 4.56. The molecule has 0 saturated carbocycles. The molecule has 4 rings (SSSR count). The van der Waals surface area contributed by atoms with Crippen LogP contribution in [0.3, 0.4) is 0 Å². The van der Waals surface area contributed by atoms with Gasteiger partial charge in [-0.2, -0.15) is 0 Å². The smallest absolute Gasteiger partial charge is 0.256 e. The van der Waals surface area contributed by atoms with Crippen molar-refractivity contribution in [3.63, 3.8) is 0 Å². The summed E-state index contributed by atoms with van der Waals surface area (Å²) in [6.07, 6.45) is 1.97. The summed E-state index contributed by atoms with van der Waals surface area (Å²) >= 11 is 0. The molecule has 23 heavy (non-hydrogen) atoms. The summed E-state index contributed by atoms with van der Waals surface area (Å²) in [5.41, 5.74) is 12.2. The van der Waals surface area contributed by atoms with Crippen LogP contribution in [0.1, 0.15) is 16.8 Å². The first-order valence-electron chi connectivity index (χ1n) is 7.53. The largest absolute Gasteiger partial charge is 0.399 e. The molecule has 3 N–H and O–H groups in total. The summed E-state index contributed by atoms with van der Waals surface area (Å²) in [7, 11) is 2.04. The lowest BCUT2D eigenvalue weighted by atomic mass is 10.0. The first-order valence-corrected chi connectivity index (χ1v) is 7.53. The molecule has 0 saturated heterocycles. The van der Waals surface area contributed by atoms with Crippen molar-refractivity contribution in [2.45, 2.75) is 6.92 Å². The van der Waals surface area contributed by atoms with Gasteiger partial charge in [0.05, 0.1) is 0 Å². The monoisotopic (exact) mass is 303 g/mol. The van der Waals surface area contributed by atoms with Crippen molar-refractivity contribution < 1.29 is 4.79 Å². The molecule has 0 aliphatic carbocycles. The number of nitrogens with one attached hydrogen (secondary N) is 1. The summed E-state index contributed by atoms with van der Waals surface area (Å²) in [5, 5.41) is 4.04. The second-order valence-corrected chi connectivity index (χ2v) is 5.89. The fourth-order valence-electron chi connectivity index (χ4n) is 3.23. The predicted molar refractivity (Wildman–Crippen MR) is 95.0 cm³/mol. The summed E-state index contributed by atoms with van der Waals surface area (Å²) in [5.74, 6) is -0.0852. The van der Waals surface area contributed by atoms with Crippen LogP contribution >= 0.6 is 0 Å². The molecule has 0 radical (unpaired) electrons. The van der Waals surface area contributed by atoms with E-state index in [-0.39, 0.29) is 5.91 Å². The van der Waals surface area contributed by atoms with Gasteiger partial charge in [0.25, 0.3) is 5.91 Å². The molecule has 114 valence electrons. The minimum atomic E-state index is -0.0852. The number of carbonyl (C=O) groups excluding carboxylic acids is 1. The normalized spacial score (nSPS) is 15.2. The molecular formula is C19H17N3O. The highest BCUT2D eigenvalue weighted by atomic mass is 16.2. The van der Waals surface area contributed by atoms with E-state index in [1.807, 2.05) is 37.4 Å². The Morgan fingerprint density at radius 3 is 2.78 bits per heavy atom. The quantitative estimate of drug-likeness (QED) is 0.533. The lowest BCUT2D eigenvalue weighted by molar-refractivity contribution is -0.110. The number of carbonyl (C=O) groups is 1. The fourth-order valence-corrected chi connectivity index (χ4v) is 3.23. The summed E-state index contributed by atoms with van der Waals surface area (Å²) in [6.45, 7) is 2.07. The van der Waals surface area contributed by atoms with Gasteiger partial charge in [-0.1, -0.05) is 18.2 Å². The fraction of sp³-hybridized carbons (Fsp3) is 0.105. The molecule has 0 spiro atoms. The van der Waals surface area contributed by atoms with E-state index in [1.165, 1.54) is 0 Å². The standard InChI is InChI=1S/C19H17N3O/c1-11-14(13-5-3-4-6-18(13)22(11)2)10-16-15-9-12(20)7-8-17(15)21-19(16)23/h3-10H,20H2,1-2H3,(H,21,23)/b16-10+. The molecule has 2 heterocycles. The lowest BCUT2D eigenvalue weighted by Crippen LogP contribution is -2.03. The van der Waals surface area contributed by atoms with Crippen LogP contribution in [0.25, 0.3) is 22.6 Å². The Labute approximate surface area is 134 Å². The lowest BCUT2D eigenvalue weighted by Gasteiger charge is -2.01. The van der Waals surface area contributed by atoms with Crippen LogP contribution in [0, 0.1) is 6.92 Å². The zero-order chi connectivity index (χ0) is 16.1. The Morgan fingerprint density at radius 2 is 1.96 bits per heavy atom. The third-order valence-electron chi connectivity index (χ3n) is 4.56. The first-order chi connectivity index (χ1) is 11.1. The van der Waals surface area contributed by atoms with Gasteiger partial charge in [0, 0.05) is 51.7 Å². The topological polar surface area (TPSA) is 60.1 Å². The Morgan fingerprint density at radius 1 is 1.17 bits per heavy atom. The van der Waals surface area contributed by atoms with Crippen LogP contribution in [-0.4, -0.2) is 10.5 Å². The molecule has 2 aromatic carbocycles. The number of nitrogens with zero attached hydrogens (tertiary/aromatic N) is 1. The minimum absolute atomic E-state index is 0.0852. The maximum Gasteiger partial charge on any atom is 0.256 e. The van der Waals surface area contributed by atoms with Gasteiger partial charge in [-0.15, -0.1) is 0 Å². The van der Waals surface area contributed by atoms with Crippen molar-refractivity contribution >= 4 is 39.8 Å². The number of hydrogen-bond acceptors (Lipinski definition) is 2. The van der Waals surface area contributed by atoms with Gasteiger partial charge in [0.15, 0.2) is 0 Å². The van der Waals surface area contributed by atoms with Crippen molar-refractivity contribution in [2.75, 3.05) is 11.1 Å². The maximum atomic E-state index is 12.4. The van der Waals surface area contributed by atoms with Crippen LogP contribution < -0.4 is 11.1 Å². The average Bonchev–Trinajstić information content (AvgIpc) is 2.98. The molecule has 4 nitrogen and oxygen atoms in total. The minimum Gasteiger partial charge on any atom is -0.399 e. The zero-order valence-corrected chi connectivity index (χ0v) is 13.1.